The Hall–Kier alpha value is -0.780. The number of carbonyl (C=O) groups is 1. The number of hydrogen-bond donors (Lipinski definition) is 2. The number of aliphatic carboxylic acids is 1. The van der Waals surface area contributed by atoms with E-state index < -0.39 is 23.6 Å². The summed E-state index contributed by atoms with van der Waals surface area (Å²) < 4.78 is 39.1. The summed E-state index contributed by atoms with van der Waals surface area (Å²) in [5, 5.41) is 11.8. The summed E-state index contributed by atoms with van der Waals surface area (Å²) in [6.07, 6.45) is -1.31. The van der Waals surface area contributed by atoms with E-state index in [1.807, 2.05) is 0 Å². The summed E-state index contributed by atoms with van der Waals surface area (Å²) in [6, 6.07) is -1.00. The molecule has 2 fully saturated rings. The van der Waals surface area contributed by atoms with Gasteiger partial charge in [0.2, 0.25) is 0 Å². The van der Waals surface area contributed by atoms with Crippen molar-refractivity contribution in [2.45, 2.75) is 63.2 Å². The quantitative estimate of drug-likeness (QED) is 0.825. The fraction of sp³-hybridized carbons (Fsp3) is 0.917. The SMILES string of the molecule is O=C(O)C1CCCC(CC2(C(F)(F)F)CCC2)N1. The fourth-order valence-electron chi connectivity index (χ4n) is 3.05. The Morgan fingerprint density at radius 3 is 2.39 bits per heavy atom. The number of alkyl halides is 3. The highest BCUT2D eigenvalue weighted by Crippen LogP contribution is 2.56. The van der Waals surface area contributed by atoms with E-state index in [-0.39, 0.29) is 25.3 Å². The molecular formula is C12H18F3NO2. The topological polar surface area (TPSA) is 49.3 Å². The molecule has 3 nitrogen and oxygen atoms in total. The normalized spacial score (nSPS) is 31.7. The van der Waals surface area contributed by atoms with Gasteiger partial charge in [0.05, 0.1) is 5.41 Å². The van der Waals surface area contributed by atoms with E-state index in [9.17, 15) is 18.0 Å². The minimum absolute atomic E-state index is 0.0281. The van der Waals surface area contributed by atoms with E-state index in [0.29, 0.717) is 25.7 Å². The van der Waals surface area contributed by atoms with Gasteiger partial charge in [-0.3, -0.25) is 4.79 Å². The largest absolute Gasteiger partial charge is 0.480 e. The molecule has 2 N–H and O–H groups in total. The highest BCUT2D eigenvalue weighted by Gasteiger charge is 2.58. The van der Waals surface area contributed by atoms with Crippen LogP contribution >= 0.6 is 0 Å². The van der Waals surface area contributed by atoms with Crippen molar-refractivity contribution in [3.63, 3.8) is 0 Å². The molecule has 1 heterocycles. The summed E-state index contributed by atoms with van der Waals surface area (Å²) in [5.74, 6) is -0.964. The average Bonchev–Trinajstić information content (AvgIpc) is 2.22. The minimum Gasteiger partial charge on any atom is -0.480 e. The van der Waals surface area contributed by atoms with Gasteiger partial charge in [-0.15, -0.1) is 0 Å². The average molecular weight is 265 g/mol. The second kappa shape index (κ2) is 4.72. The van der Waals surface area contributed by atoms with Gasteiger partial charge in [-0.2, -0.15) is 13.2 Å². The van der Waals surface area contributed by atoms with Crippen LogP contribution in [0.4, 0.5) is 13.2 Å². The first-order chi connectivity index (χ1) is 8.34. The van der Waals surface area contributed by atoms with Gasteiger partial charge in [-0.1, -0.05) is 6.42 Å². The summed E-state index contributed by atoms with van der Waals surface area (Å²) >= 11 is 0. The smallest absolute Gasteiger partial charge is 0.394 e. The summed E-state index contributed by atoms with van der Waals surface area (Å²) in [5.41, 5.74) is -1.56. The van der Waals surface area contributed by atoms with Crippen LogP contribution in [0.25, 0.3) is 0 Å². The molecule has 6 heteroatoms. The van der Waals surface area contributed by atoms with Gasteiger partial charge in [0.1, 0.15) is 6.04 Å². The predicted octanol–water partition coefficient (Wildman–Crippen LogP) is 2.70. The standard InChI is InChI=1S/C12H18F3NO2/c13-12(14,15)11(5-2-6-11)7-8-3-1-4-9(16-8)10(17)18/h8-9,16H,1-7H2,(H,17,18). The molecular weight excluding hydrogens is 247 g/mol. The highest BCUT2D eigenvalue weighted by molar-refractivity contribution is 5.73. The Morgan fingerprint density at radius 1 is 1.28 bits per heavy atom. The number of piperidine rings is 1. The van der Waals surface area contributed by atoms with Crippen molar-refractivity contribution < 1.29 is 23.1 Å². The number of carboxylic acid groups (broad SMARTS) is 1. The molecule has 0 spiro atoms. The number of hydrogen-bond acceptors (Lipinski definition) is 2. The van der Waals surface area contributed by atoms with Gasteiger partial charge in [-0.25, -0.2) is 0 Å². The number of carboxylic acids is 1. The molecule has 1 aliphatic carbocycles. The van der Waals surface area contributed by atoms with Gasteiger partial charge in [-0.05, 0) is 38.5 Å². The molecule has 18 heavy (non-hydrogen) atoms. The lowest BCUT2D eigenvalue weighted by Gasteiger charge is -2.46. The Balaban J connectivity index is 1.98. The second-order valence-corrected chi connectivity index (χ2v) is 5.52. The van der Waals surface area contributed by atoms with Gasteiger partial charge in [0.15, 0.2) is 0 Å². The van der Waals surface area contributed by atoms with Crippen molar-refractivity contribution in [3.8, 4) is 0 Å². The van der Waals surface area contributed by atoms with Crippen molar-refractivity contribution in [3.05, 3.63) is 0 Å². The maximum atomic E-state index is 13.0. The molecule has 0 amide bonds. The molecule has 0 aromatic rings. The van der Waals surface area contributed by atoms with E-state index >= 15 is 0 Å². The van der Waals surface area contributed by atoms with Crippen LogP contribution in [0.3, 0.4) is 0 Å². The van der Waals surface area contributed by atoms with Crippen LogP contribution in [-0.2, 0) is 4.79 Å². The third-order valence-electron chi connectivity index (χ3n) is 4.33. The van der Waals surface area contributed by atoms with Crippen molar-refractivity contribution in [2.24, 2.45) is 5.41 Å². The maximum Gasteiger partial charge on any atom is 0.394 e. The maximum absolute atomic E-state index is 13.0. The number of rotatable bonds is 3. The lowest BCUT2D eigenvalue weighted by atomic mass is 9.64. The highest BCUT2D eigenvalue weighted by atomic mass is 19.4. The third-order valence-corrected chi connectivity index (χ3v) is 4.33. The molecule has 0 bridgehead atoms. The molecule has 1 saturated heterocycles. The number of nitrogens with one attached hydrogen (secondary N) is 1. The zero-order chi connectivity index (χ0) is 13.4. The van der Waals surface area contributed by atoms with E-state index in [1.54, 1.807) is 0 Å². The van der Waals surface area contributed by atoms with Crippen molar-refractivity contribution >= 4 is 5.97 Å². The Morgan fingerprint density at radius 2 is 1.94 bits per heavy atom. The monoisotopic (exact) mass is 265 g/mol. The van der Waals surface area contributed by atoms with E-state index in [2.05, 4.69) is 5.32 Å². The van der Waals surface area contributed by atoms with E-state index in [0.717, 1.165) is 0 Å². The molecule has 2 unspecified atom stereocenters. The van der Waals surface area contributed by atoms with E-state index in [1.165, 1.54) is 0 Å². The molecule has 0 aromatic carbocycles. The summed E-state index contributed by atoms with van der Waals surface area (Å²) in [4.78, 5) is 10.9. The molecule has 104 valence electrons. The zero-order valence-electron chi connectivity index (χ0n) is 10.1. The van der Waals surface area contributed by atoms with Crippen LogP contribution < -0.4 is 5.32 Å². The first-order valence-electron chi connectivity index (χ1n) is 6.40. The Labute approximate surface area is 104 Å². The van der Waals surface area contributed by atoms with Gasteiger partial charge < -0.3 is 10.4 Å². The van der Waals surface area contributed by atoms with Crippen LogP contribution in [0.15, 0.2) is 0 Å². The van der Waals surface area contributed by atoms with Crippen LogP contribution in [0.5, 0.6) is 0 Å². The summed E-state index contributed by atoms with van der Waals surface area (Å²) in [6.45, 7) is 0. The van der Waals surface area contributed by atoms with Crippen molar-refractivity contribution in [1.29, 1.82) is 0 Å². The van der Waals surface area contributed by atoms with Crippen LogP contribution in [0.2, 0.25) is 0 Å². The first kappa shape index (κ1) is 13.6. The minimum atomic E-state index is -4.16. The van der Waals surface area contributed by atoms with Gasteiger partial charge in [0.25, 0.3) is 0 Å². The predicted molar refractivity (Wildman–Crippen MR) is 59.2 cm³/mol. The molecule has 2 atom stereocenters. The van der Waals surface area contributed by atoms with Crippen LogP contribution in [0.1, 0.15) is 44.9 Å². The summed E-state index contributed by atoms with van der Waals surface area (Å²) in [7, 11) is 0. The van der Waals surface area contributed by atoms with Crippen molar-refractivity contribution in [1.82, 2.24) is 5.32 Å². The number of halogens is 3. The molecule has 2 rings (SSSR count). The lowest BCUT2D eigenvalue weighted by molar-refractivity contribution is -0.255. The molecule has 1 saturated carbocycles. The first-order valence-corrected chi connectivity index (χ1v) is 6.40. The fourth-order valence-corrected chi connectivity index (χ4v) is 3.05. The second-order valence-electron chi connectivity index (χ2n) is 5.52. The molecule has 0 aromatic heterocycles. The zero-order valence-corrected chi connectivity index (χ0v) is 10.1. The lowest BCUT2D eigenvalue weighted by Crippen LogP contribution is -2.53. The van der Waals surface area contributed by atoms with Crippen LogP contribution in [0, 0.1) is 5.41 Å². The third kappa shape index (κ3) is 2.48. The Kier molecular flexibility index (Phi) is 3.58. The van der Waals surface area contributed by atoms with E-state index in [4.69, 9.17) is 5.11 Å². The van der Waals surface area contributed by atoms with Gasteiger partial charge in [0, 0.05) is 6.04 Å². The molecule has 2 aliphatic rings. The van der Waals surface area contributed by atoms with Crippen LogP contribution in [-0.4, -0.2) is 29.3 Å². The molecule has 0 radical (unpaired) electrons. The van der Waals surface area contributed by atoms with Crippen molar-refractivity contribution in [2.75, 3.05) is 0 Å². The Bertz CT molecular complexity index is 326. The molecule has 1 aliphatic heterocycles. The van der Waals surface area contributed by atoms with Gasteiger partial charge >= 0.3 is 12.1 Å².